The van der Waals surface area contributed by atoms with Gasteiger partial charge in [-0.3, -0.25) is 4.79 Å². The van der Waals surface area contributed by atoms with Gasteiger partial charge in [0, 0.05) is 5.56 Å². The zero-order valence-electron chi connectivity index (χ0n) is 7.93. The van der Waals surface area contributed by atoms with Crippen LogP contribution in [0.3, 0.4) is 0 Å². The highest BCUT2D eigenvalue weighted by atomic mass is 79.9. The fourth-order valence-electron chi connectivity index (χ4n) is 1.23. The Morgan fingerprint density at radius 1 is 1.57 bits per heavy atom. The fraction of sp³-hybridized carbons (Fsp3) is 0.222. The minimum atomic E-state index is -0.547. The van der Waals surface area contributed by atoms with E-state index in [1.54, 1.807) is 13.0 Å². The Kier molecular flexibility index (Phi) is 3.00. The topological polar surface area (TPSA) is 78.3 Å². The number of nitrogens with two attached hydrogens (primary N) is 2. The van der Waals surface area contributed by atoms with Crippen molar-refractivity contribution in [3.05, 3.63) is 21.7 Å². The molecule has 0 fully saturated rings. The molecular formula is C9H11BrN2O2. The van der Waals surface area contributed by atoms with Crippen LogP contribution >= 0.6 is 15.9 Å². The van der Waals surface area contributed by atoms with Crippen molar-refractivity contribution >= 4 is 27.5 Å². The molecule has 0 saturated heterocycles. The molecule has 0 radical (unpaired) electrons. The second-order valence-corrected chi connectivity index (χ2v) is 3.70. The van der Waals surface area contributed by atoms with E-state index in [1.807, 2.05) is 0 Å². The third-order valence-corrected chi connectivity index (χ3v) is 2.58. The number of nitrogen functional groups attached to an aromatic ring is 1. The van der Waals surface area contributed by atoms with Gasteiger partial charge in [-0.15, -0.1) is 0 Å². The van der Waals surface area contributed by atoms with Crippen molar-refractivity contribution in [2.24, 2.45) is 5.73 Å². The summed E-state index contributed by atoms with van der Waals surface area (Å²) in [5.41, 5.74) is 12.3. The summed E-state index contributed by atoms with van der Waals surface area (Å²) in [5.74, 6) is 0.0708. The number of carbonyl (C=O) groups is 1. The quantitative estimate of drug-likeness (QED) is 0.789. The molecule has 1 rings (SSSR count). The third-order valence-electron chi connectivity index (χ3n) is 1.99. The number of anilines is 1. The van der Waals surface area contributed by atoms with Crippen LogP contribution in [0.2, 0.25) is 0 Å². The standard InChI is InChI=1S/C9H11BrN2O2/c1-4-7(11)5(9(12)13)3-6(10)8(4)14-2/h3H,11H2,1-2H3,(H2,12,13). The summed E-state index contributed by atoms with van der Waals surface area (Å²) in [7, 11) is 1.54. The molecule has 0 spiro atoms. The van der Waals surface area contributed by atoms with Gasteiger partial charge in [0.25, 0.3) is 5.91 Å². The van der Waals surface area contributed by atoms with Crippen molar-refractivity contribution in [2.75, 3.05) is 12.8 Å². The molecule has 0 atom stereocenters. The second kappa shape index (κ2) is 3.88. The van der Waals surface area contributed by atoms with E-state index < -0.39 is 5.91 Å². The minimum absolute atomic E-state index is 0.301. The van der Waals surface area contributed by atoms with Crippen molar-refractivity contribution in [3.63, 3.8) is 0 Å². The van der Waals surface area contributed by atoms with Gasteiger partial charge in [0.05, 0.1) is 22.8 Å². The van der Waals surface area contributed by atoms with Crippen molar-refractivity contribution in [1.29, 1.82) is 0 Å². The average molecular weight is 259 g/mol. The third kappa shape index (κ3) is 1.68. The number of carbonyl (C=O) groups excluding carboxylic acids is 1. The highest BCUT2D eigenvalue weighted by Gasteiger charge is 2.15. The Labute approximate surface area is 90.3 Å². The molecule has 0 aliphatic carbocycles. The number of rotatable bonds is 2. The van der Waals surface area contributed by atoms with Crippen LogP contribution in [0.15, 0.2) is 10.5 Å². The predicted molar refractivity (Wildman–Crippen MR) is 58.4 cm³/mol. The molecule has 0 aromatic heterocycles. The highest BCUT2D eigenvalue weighted by Crippen LogP contribution is 2.34. The van der Waals surface area contributed by atoms with Gasteiger partial charge < -0.3 is 16.2 Å². The van der Waals surface area contributed by atoms with Gasteiger partial charge >= 0.3 is 0 Å². The van der Waals surface area contributed by atoms with Gasteiger partial charge in [-0.05, 0) is 28.9 Å². The zero-order chi connectivity index (χ0) is 10.9. The summed E-state index contributed by atoms with van der Waals surface area (Å²) in [4.78, 5) is 11.0. The summed E-state index contributed by atoms with van der Waals surface area (Å²) >= 11 is 3.27. The van der Waals surface area contributed by atoms with Crippen LogP contribution in [-0.2, 0) is 0 Å². The van der Waals surface area contributed by atoms with Gasteiger partial charge in [0.1, 0.15) is 5.75 Å². The maximum Gasteiger partial charge on any atom is 0.250 e. The summed E-state index contributed by atoms with van der Waals surface area (Å²) in [5, 5.41) is 0. The van der Waals surface area contributed by atoms with Gasteiger partial charge in [0.2, 0.25) is 0 Å². The molecule has 5 heteroatoms. The van der Waals surface area contributed by atoms with Crippen molar-refractivity contribution < 1.29 is 9.53 Å². The summed E-state index contributed by atoms with van der Waals surface area (Å²) in [6.45, 7) is 1.77. The Bertz CT molecular complexity index is 391. The van der Waals surface area contributed by atoms with E-state index in [2.05, 4.69) is 15.9 Å². The van der Waals surface area contributed by atoms with Gasteiger partial charge in [-0.25, -0.2) is 0 Å². The van der Waals surface area contributed by atoms with Crippen LogP contribution in [-0.4, -0.2) is 13.0 Å². The van der Waals surface area contributed by atoms with Crippen molar-refractivity contribution in [3.8, 4) is 5.75 Å². The lowest BCUT2D eigenvalue weighted by Gasteiger charge is -2.12. The predicted octanol–water partition coefficient (Wildman–Crippen LogP) is 1.45. The van der Waals surface area contributed by atoms with Crippen LogP contribution in [0.25, 0.3) is 0 Å². The molecule has 0 aliphatic rings. The molecular weight excluding hydrogens is 248 g/mol. The zero-order valence-corrected chi connectivity index (χ0v) is 9.51. The molecule has 0 unspecified atom stereocenters. The van der Waals surface area contributed by atoms with Crippen LogP contribution < -0.4 is 16.2 Å². The first-order valence-corrected chi connectivity index (χ1v) is 4.70. The first-order chi connectivity index (χ1) is 6.49. The Morgan fingerprint density at radius 2 is 2.14 bits per heavy atom. The van der Waals surface area contributed by atoms with Gasteiger partial charge in [0.15, 0.2) is 0 Å². The molecule has 1 aromatic carbocycles. The SMILES string of the molecule is COc1c(Br)cc(C(N)=O)c(N)c1C. The number of hydrogen-bond acceptors (Lipinski definition) is 3. The largest absolute Gasteiger partial charge is 0.495 e. The fourth-order valence-corrected chi connectivity index (χ4v) is 1.92. The molecule has 1 amide bonds. The highest BCUT2D eigenvalue weighted by molar-refractivity contribution is 9.10. The summed E-state index contributed by atoms with van der Waals surface area (Å²) < 4.78 is 5.78. The Morgan fingerprint density at radius 3 is 2.57 bits per heavy atom. The van der Waals surface area contributed by atoms with E-state index in [0.717, 1.165) is 0 Å². The number of methoxy groups -OCH3 is 1. The van der Waals surface area contributed by atoms with E-state index in [-0.39, 0.29) is 0 Å². The Balaban J connectivity index is 3.47. The second-order valence-electron chi connectivity index (χ2n) is 2.84. The molecule has 4 nitrogen and oxygen atoms in total. The number of benzene rings is 1. The van der Waals surface area contributed by atoms with E-state index in [1.165, 1.54) is 7.11 Å². The van der Waals surface area contributed by atoms with Crippen LogP contribution in [0, 0.1) is 6.92 Å². The number of hydrogen-bond donors (Lipinski definition) is 2. The Hall–Kier alpha value is -1.23. The van der Waals surface area contributed by atoms with Crippen LogP contribution in [0.4, 0.5) is 5.69 Å². The van der Waals surface area contributed by atoms with Crippen molar-refractivity contribution in [1.82, 2.24) is 0 Å². The number of halogens is 1. The number of amides is 1. The first kappa shape index (κ1) is 10.8. The molecule has 0 bridgehead atoms. The monoisotopic (exact) mass is 258 g/mol. The molecule has 4 N–H and O–H groups in total. The number of ether oxygens (including phenoxy) is 1. The lowest BCUT2D eigenvalue weighted by Crippen LogP contribution is -2.14. The first-order valence-electron chi connectivity index (χ1n) is 3.91. The van der Waals surface area contributed by atoms with Crippen LogP contribution in [0.5, 0.6) is 5.75 Å². The van der Waals surface area contributed by atoms with Gasteiger partial charge in [-0.2, -0.15) is 0 Å². The van der Waals surface area contributed by atoms with E-state index in [0.29, 0.717) is 27.0 Å². The maximum atomic E-state index is 11.0. The maximum absolute atomic E-state index is 11.0. The summed E-state index contributed by atoms with van der Waals surface area (Å²) in [6.07, 6.45) is 0. The van der Waals surface area contributed by atoms with E-state index in [4.69, 9.17) is 16.2 Å². The molecule has 1 aromatic rings. The van der Waals surface area contributed by atoms with Crippen LogP contribution in [0.1, 0.15) is 15.9 Å². The molecule has 76 valence electrons. The van der Waals surface area contributed by atoms with Gasteiger partial charge in [-0.1, -0.05) is 0 Å². The average Bonchev–Trinajstić information content (AvgIpc) is 2.12. The minimum Gasteiger partial charge on any atom is -0.495 e. The molecule has 0 aliphatic heterocycles. The number of primary amides is 1. The van der Waals surface area contributed by atoms with E-state index >= 15 is 0 Å². The summed E-state index contributed by atoms with van der Waals surface area (Å²) in [6, 6.07) is 1.56. The molecule has 14 heavy (non-hydrogen) atoms. The normalized spacial score (nSPS) is 9.93. The lowest BCUT2D eigenvalue weighted by atomic mass is 10.1. The van der Waals surface area contributed by atoms with Crippen molar-refractivity contribution in [2.45, 2.75) is 6.92 Å². The molecule has 0 heterocycles. The molecule has 0 saturated carbocycles. The lowest BCUT2D eigenvalue weighted by molar-refractivity contribution is 0.100. The smallest absolute Gasteiger partial charge is 0.250 e. The van der Waals surface area contributed by atoms with E-state index in [9.17, 15) is 4.79 Å².